The molecule has 0 spiro atoms. The standard InChI is InChI=1S/C13H13BrN2O/c14-13-4-2-1-3-10(13)9-17-12-6-5-11(7-15)16-8-12/h1-6,8H,7,9,15H2. The lowest BCUT2D eigenvalue weighted by Crippen LogP contribution is -2.00. The van der Waals surface area contributed by atoms with E-state index in [0.717, 1.165) is 21.5 Å². The third-order valence-electron chi connectivity index (χ3n) is 2.36. The Hall–Kier alpha value is -1.39. The van der Waals surface area contributed by atoms with Gasteiger partial charge in [0.1, 0.15) is 12.4 Å². The third-order valence-corrected chi connectivity index (χ3v) is 3.13. The third kappa shape index (κ3) is 3.28. The summed E-state index contributed by atoms with van der Waals surface area (Å²) in [6, 6.07) is 11.7. The summed E-state index contributed by atoms with van der Waals surface area (Å²) in [5.41, 5.74) is 7.44. The summed E-state index contributed by atoms with van der Waals surface area (Å²) < 4.78 is 6.69. The Labute approximate surface area is 109 Å². The van der Waals surface area contributed by atoms with Gasteiger partial charge in [0.15, 0.2) is 0 Å². The zero-order chi connectivity index (χ0) is 12.1. The van der Waals surface area contributed by atoms with Gasteiger partial charge in [0.25, 0.3) is 0 Å². The number of nitrogens with two attached hydrogens (primary N) is 1. The first kappa shape index (κ1) is 12.1. The van der Waals surface area contributed by atoms with Crippen LogP contribution in [0.2, 0.25) is 0 Å². The summed E-state index contributed by atoms with van der Waals surface area (Å²) in [6.07, 6.45) is 1.69. The van der Waals surface area contributed by atoms with Crippen molar-refractivity contribution < 1.29 is 4.74 Å². The molecule has 0 fully saturated rings. The van der Waals surface area contributed by atoms with E-state index in [9.17, 15) is 0 Å². The molecule has 0 saturated carbocycles. The van der Waals surface area contributed by atoms with Crippen molar-refractivity contribution in [3.63, 3.8) is 0 Å². The van der Waals surface area contributed by atoms with Crippen LogP contribution in [-0.4, -0.2) is 4.98 Å². The molecule has 0 amide bonds. The molecule has 0 aliphatic rings. The molecular weight excluding hydrogens is 280 g/mol. The molecule has 1 heterocycles. The highest BCUT2D eigenvalue weighted by molar-refractivity contribution is 9.10. The Morgan fingerprint density at radius 3 is 2.65 bits per heavy atom. The Balaban J connectivity index is 2.00. The van der Waals surface area contributed by atoms with E-state index in [1.165, 1.54) is 0 Å². The van der Waals surface area contributed by atoms with Gasteiger partial charge in [0.2, 0.25) is 0 Å². The lowest BCUT2D eigenvalue weighted by atomic mass is 10.2. The monoisotopic (exact) mass is 292 g/mol. The highest BCUT2D eigenvalue weighted by atomic mass is 79.9. The predicted octanol–water partition coefficient (Wildman–Crippen LogP) is 2.88. The van der Waals surface area contributed by atoms with E-state index < -0.39 is 0 Å². The summed E-state index contributed by atoms with van der Waals surface area (Å²) in [7, 11) is 0. The topological polar surface area (TPSA) is 48.1 Å². The summed E-state index contributed by atoms with van der Waals surface area (Å²) in [6.45, 7) is 0.968. The van der Waals surface area contributed by atoms with E-state index in [-0.39, 0.29) is 0 Å². The van der Waals surface area contributed by atoms with E-state index in [0.29, 0.717) is 13.2 Å². The number of halogens is 1. The number of pyridine rings is 1. The normalized spacial score (nSPS) is 10.2. The van der Waals surface area contributed by atoms with Crippen LogP contribution >= 0.6 is 15.9 Å². The van der Waals surface area contributed by atoms with Gasteiger partial charge in [-0.1, -0.05) is 34.1 Å². The van der Waals surface area contributed by atoms with E-state index in [1.54, 1.807) is 6.20 Å². The first-order valence-corrected chi connectivity index (χ1v) is 6.10. The smallest absolute Gasteiger partial charge is 0.138 e. The first-order valence-electron chi connectivity index (χ1n) is 5.31. The highest BCUT2D eigenvalue weighted by Crippen LogP contribution is 2.18. The molecule has 0 radical (unpaired) electrons. The van der Waals surface area contributed by atoms with Crippen molar-refractivity contribution in [2.75, 3.05) is 0 Å². The highest BCUT2D eigenvalue weighted by Gasteiger charge is 2.00. The molecule has 2 rings (SSSR count). The van der Waals surface area contributed by atoms with Crippen LogP contribution in [0.1, 0.15) is 11.3 Å². The Bertz CT molecular complexity index is 485. The number of hydrogen-bond acceptors (Lipinski definition) is 3. The van der Waals surface area contributed by atoms with Crippen molar-refractivity contribution in [2.24, 2.45) is 5.73 Å². The van der Waals surface area contributed by atoms with Gasteiger partial charge in [-0.2, -0.15) is 0 Å². The zero-order valence-corrected chi connectivity index (χ0v) is 10.9. The van der Waals surface area contributed by atoms with Crippen molar-refractivity contribution in [3.8, 4) is 5.75 Å². The second-order valence-electron chi connectivity index (χ2n) is 3.57. The van der Waals surface area contributed by atoms with Crippen LogP contribution in [0, 0.1) is 0 Å². The van der Waals surface area contributed by atoms with Crippen LogP contribution in [0.5, 0.6) is 5.75 Å². The van der Waals surface area contributed by atoms with Crippen molar-refractivity contribution in [1.29, 1.82) is 0 Å². The number of hydrogen-bond donors (Lipinski definition) is 1. The van der Waals surface area contributed by atoms with Crippen LogP contribution in [0.3, 0.4) is 0 Å². The maximum absolute atomic E-state index is 5.64. The Morgan fingerprint density at radius 2 is 2.00 bits per heavy atom. The molecule has 1 aromatic carbocycles. The molecule has 4 heteroatoms. The lowest BCUT2D eigenvalue weighted by Gasteiger charge is -2.07. The molecule has 0 unspecified atom stereocenters. The quantitative estimate of drug-likeness (QED) is 0.943. The van der Waals surface area contributed by atoms with Crippen LogP contribution in [0.25, 0.3) is 0 Å². The van der Waals surface area contributed by atoms with E-state index >= 15 is 0 Å². The lowest BCUT2D eigenvalue weighted by molar-refractivity contribution is 0.304. The summed E-state index contributed by atoms with van der Waals surface area (Å²) in [4.78, 5) is 4.17. The molecule has 0 saturated heterocycles. The number of rotatable bonds is 4. The zero-order valence-electron chi connectivity index (χ0n) is 9.27. The van der Waals surface area contributed by atoms with Crippen LogP contribution in [0.4, 0.5) is 0 Å². The van der Waals surface area contributed by atoms with Gasteiger partial charge in [-0.25, -0.2) is 0 Å². The van der Waals surface area contributed by atoms with Gasteiger partial charge in [0, 0.05) is 16.6 Å². The van der Waals surface area contributed by atoms with E-state index in [4.69, 9.17) is 10.5 Å². The van der Waals surface area contributed by atoms with Crippen molar-refractivity contribution in [1.82, 2.24) is 4.98 Å². The van der Waals surface area contributed by atoms with Crippen LogP contribution in [0.15, 0.2) is 47.1 Å². The number of ether oxygens (including phenoxy) is 1. The molecule has 17 heavy (non-hydrogen) atoms. The summed E-state index contributed by atoms with van der Waals surface area (Å²) in [5.74, 6) is 0.748. The van der Waals surface area contributed by atoms with Crippen LogP contribution in [-0.2, 0) is 13.2 Å². The minimum Gasteiger partial charge on any atom is -0.487 e. The van der Waals surface area contributed by atoms with Gasteiger partial charge in [0.05, 0.1) is 11.9 Å². The molecule has 0 atom stereocenters. The molecule has 0 aliphatic heterocycles. The molecule has 88 valence electrons. The minimum atomic E-state index is 0.449. The largest absolute Gasteiger partial charge is 0.487 e. The maximum Gasteiger partial charge on any atom is 0.138 e. The minimum absolute atomic E-state index is 0.449. The second kappa shape index (κ2) is 5.80. The van der Waals surface area contributed by atoms with Gasteiger partial charge in [-0.3, -0.25) is 4.98 Å². The van der Waals surface area contributed by atoms with Gasteiger partial charge < -0.3 is 10.5 Å². The molecule has 2 aromatic rings. The molecule has 0 bridgehead atoms. The SMILES string of the molecule is NCc1ccc(OCc2ccccc2Br)cn1. The molecule has 1 aromatic heterocycles. The Morgan fingerprint density at radius 1 is 1.18 bits per heavy atom. The molecule has 2 N–H and O–H groups in total. The molecule has 3 nitrogen and oxygen atoms in total. The molecule has 0 aliphatic carbocycles. The van der Waals surface area contributed by atoms with E-state index in [2.05, 4.69) is 20.9 Å². The number of benzene rings is 1. The maximum atomic E-state index is 5.64. The number of nitrogens with zero attached hydrogens (tertiary/aromatic N) is 1. The van der Waals surface area contributed by atoms with Crippen molar-refractivity contribution >= 4 is 15.9 Å². The molecular formula is C13H13BrN2O. The average Bonchev–Trinajstić information content (AvgIpc) is 2.38. The number of aromatic nitrogens is 1. The van der Waals surface area contributed by atoms with Gasteiger partial charge in [-0.15, -0.1) is 0 Å². The first-order chi connectivity index (χ1) is 8.29. The fraction of sp³-hybridized carbons (Fsp3) is 0.154. The fourth-order valence-electron chi connectivity index (χ4n) is 1.39. The summed E-state index contributed by atoms with van der Waals surface area (Å²) >= 11 is 3.48. The predicted molar refractivity (Wildman–Crippen MR) is 70.6 cm³/mol. The average molecular weight is 293 g/mol. The van der Waals surface area contributed by atoms with E-state index in [1.807, 2.05) is 36.4 Å². The fourth-order valence-corrected chi connectivity index (χ4v) is 1.79. The van der Waals surface area contributed by atoms with Gasteiger partial charge in [-0.05, 0) is 18.2 Å². The second-order valence-corrected chi connectivity index (χ2v) is 4.42. The van der Waals surface area contributed by atoms with Crippen molar-refractivity contribution in [3.05, 3.63) is 58.3 Å². The Kier molecular flexibility index (Phi) is 4.12. The summed E-state index contributed by atoms with van der Waals surface area (Å²) in [5, 5.41) is 0. The van der Waals surface area contributed by atoms with Crippen molar-refractivity contribution in [2.45, 2.75) is 13.2 Å². The van der Waals surface area contributed by atoms with Gasteiger partial charge >= 0.3 is 0 Å². The van der Waals surface area contributed by atoms with Crippen LogP contribution < -0.4 is 10.5 Å².